The number of esters is 1. The highest BCUT2D eigenvalue weighted by molar-refractivity contribution is 7.09. The quantitative estimate of drug-likeness (QED) is 0.812. The average Bonchev–Trinajstić information content (AvgIpc) is 2.96. The second-order valence-electron chi connectivity index (χ2n) is 4.15. The predicted molar refractivity (Wildman–Crippen MR) is 78.7 cm³/mol. The number of nitrogens with one attached hydrogen (secondary N) is 1. The molecule has 4 heteroatoms. The van der Waals surface area contributed by atoms with Gasteiger partial charge in [-0.1, -0.05) is 13.0 Å². The molecule has 0 aliphatic heterocycles. The van der Waals surface area contributed by atoms with Gasteiger partial charge in [0.1, 0.15) is 0 Å². The molecule has 2 aromatic rings. The van der Waals surface area contributed by atoms with Gasteiger partial charge in [-0.2, -0.15) is 0 Å². The van der Waals surface area contributed by atoms with Gasteiger partial charge in [-0.25, -0.2) is 4.79 Å². The largest absolute Gasteiger partial charge is 0.462 e. The number of carbonyl (C=O) groups is 1. The molecule has 2 rings (SSSR count). The zero-order chi connectivity index (χ0) is 13.5. The molecule has 100 valence electrons. The summed E-state index contributed by atoms with van der Waals surface area (Å²) in [6.45, 7) is 3.25. The Morgan fingerprint density at radius 2 is 2.05 bits per heavy atom. The summed E-state index contributed by atoms with van der Waals surface area (Å²) in [4.78, 5) is 12.9. The maximum Gasteiger partial charge on any atom is 0.338 e. The minimum Gasteiger partial charge on any atom is -0.462 e. The van der Waals surface area contributed by atoms with Gasteiger partial charge in [0.15, 0.2) is 0 Å². The zero-order valence-corrected chi connectivity index (χ0v) is 11.7. The van der Waals surface area contributed by atoms with Crippen LogP contribution in [-0.2, 0) is 11.3 Å². The minimum absolute atomic E-state index is 0.258. The number of thiophene rings is 1. The molecule has 0 atom stereocenters. The Kier molecular flexibility index (Phi) is 4.98. The fourth-order valence-electron chi connectivity index (χ4n) is 1.60. The molecule has 0 unspecified atom stereocenters. The average molecular weight is 275 g/mol. The molecule has 0 saturated heterocycles. The van der Waals surface area contributed by atoms with Crippen molar-refractivity contribution in [3.05, 3.63) is 52.2 Å². The van der Waals surface area contributed by atoms with Crippen molar-refractivity contribution in [3.8, 4) is 0 Å². The van der Waals surface area contributed by atoms with Crippen LogP contribution in [0.5, 0.6) is 0 Å². The number of hydrogen-bond acceptors (Lipinski definition) is 4. The number of ether oxygens (including phenoxy) is 1. The van der Waals surface area contributed by atoms with E-state index in [9.17, 15) is 4.79 Å². The van der Waals surface area contributed by atoms with Gasteiger partial charge in [0.25, 0.3) is 0 Å². The molecule has 0 amide bonds. The Morgan fingerprint density at radius 3 is 2.68 bits per heavy atom. The van der Waals surface area contributed by atoms with Crippen molar-refractivity contribution in [3.63, 3.8) is 0 Å². The number of carbonyl (C=O) groups excluding carboxylic acids is 1. The molecule has 0 radical (unpaired) electrons. The van der Waals surface area contributed by atoms with Crippen LogP contribution in [0.25, 0.3) is 0 Å². The molecule has 1 N–H and O–H groups in total. The Morgan fingerprint density at radius 1 is 1.26 bits per heavy atom. The molecule has 3 nitrogen and oxygen atoms in total. The van der Waals surface area contributed by atoms with Crippen LogP contribution in [0.4, 0.5) is 5.69 Å². The second-order valence-corrected chi connectivity index (χ2v) is 5.18. The van der Waals surface area contributed by atoms with E-state index >= 15 is 0 Å². The monoisotopic (exact) mass is 275 g/mol. The normalized spacial score (nSPS) is 10.2. The third-order valence-corrected chi connectivity index (χ3v) is 3.48. The summed E-state index contributed by atoms with van der Waals surface area (Å²) in [7, 11) is 0. The predicted octanol–water partition coefficient (Wildman–Crippen LogP) is 3.93. The van der Waals surface area contributed by atoms with Crippen LogP contribution >= 0.6 is 11.3 Å². The Balaban J connectivity index is 1.89. The Labute approximate surface area is 117 Å². The lowest BCUT2D eigenvalue weighted by Gasteiger charge is -2.06. The maximum absolute atomic E-state index is 11.6. The van der Waals surface area contributed by atoms with Crippen LogP contribution < -0.4 is 5.32 Å². The van der Waals surface area contributed by atoms with Gasteiger partial charge in [0.05, 0.1) is 12.2 Å². The van der Waals surface area contributed by atoms with E-state index in [1.165, 1.54) is 4.88 Å². The van der Waals surface area contributed by atoms with Crippen molar-refractivity contribution < 1.29 is 9.53 Å². The van der Waals surface area contributed by atoms with Crippen molar-refractivity contribution in [1.82, 2.24) is 0 Å². The summed E-state index contributed by atoms with van der Waals surface area (Å²) in [5, 5.41) is 5.37. The lowest BCUT2D eigenvalue weighted by atomic mass is 10.2. The SMILES string of the molecule is CCCOC(=O)c1ccc(NCc2cccs2)cc1. The van der Waals surface area contributed by atoms with E-state index in [1.54, 1.807) is 23.5 Å². The molecule has 1 aromatic heterocycles. The molecular weight excluding hydrogens is 258 g/mol. The highest BCUT2D eigenvalue weighted by Gasteiger charge is 2.05. The van der Waals surface area contributed by atoms with E-state index in [4.69, 9.17) is 4.74 Å². The summed E-state index contributed by atoms with van der Waals surface area (Å²) in [6, 6.07) is 11.5. The highest BCUT2D eigenvalue weighted by Crippen LogP contribution is 2.14. The lowest BCUT2D eigenvalue weighted by molar-refractivity contribution is 0.0505. The molecule has 0 bridgehead atoms. The first kappa shape index (κ1) is 13.6. The summed E-state index contributed by atoms with van der Waals surface area (Å²) in [6.07, 6.45) is 0.839. The van der Waals surface area contributed by atoms with Gasteiger partial charge in [-0.05, 0) is 42.1 Å². The fourth-order valence-corrected chi connectivity index (χ4v) is 2.25. The smallest absolute Gasteiger partial charge is 0.338 e. The first-order valence-electron chi connectivity index (χ1n) is 6.33. The van der Waals surface area contributed by atoms with E-state index in [0.717, 1.165) is 18.7 Å². The topological polar surface area (TPSA) is 38.3 Å². The van der Waals surface area contributed by atoms with Crippen LogP contribution in [0.3, 0.4) is 0 Å². The van der Waals surface area contributed by atoms with E-state index < -0.39 is 0 Å². The van der Waals surface area contributed by atoms with Gasteiger partial charge >= 0.3 is 5.97 Å². The molecule has 0 fully saturated rings. The maximum atomic E-state index is 11.6. The molecular formula is C15H17NO2S. The van der Waals surface area contributed by atoms with Gasteiger partial charge in [-0.3, -0.25) is 0 Å². The molecule has 19 heavy (non-hydrogen) atoms. The first-order valence-corrected chi connectivity index (χ1v) is 7.21. The van der Waals surface area contributed by atoms with Gasteiger partial charge in [0.2, 0.25) is 0 Å². The van der Waals surface area contributed by atoms with Crippen LogP contribution in [0.15, 0.2) is 41.8 Å². The molecule has 0 aliphatic rings. The second kappa shape index (κ2) is 6.95. The molecule has 0 spiro atoms. The Bertz CT molecular complexity index is 505. The van der Waals surface area contributed by atoms with E-state index in [-0.39, 0.29) is 5.97 Å². The van der Waals surface area contributed by atoms with Gasteiger partial charge < -0.3 is 10.1 Å². The highest BCUT2D eigenvalue weighted by atomic mass is 32.1. The van der Waals surface area contributed by atoms with E-state index in [1.807, 2.05) is 25.1 Å². The summed E-state index contributed by atoms with van der Waals surface area (Å²) < 4.78 is 5.08. The van der Waals surface area contributed by atoms with Crippen molar-refractivity contribution in [2.45, 2.75) is 19.9 Å². The number of benzene rings is 1. The van der Waals surface area contributed by atoms with Crippen LogP contribution in [0.2, 0.25) is 0 Å². The number of rotatable bonds is 6. The standard InChI is InChI=1S/C15H17NO2S/c1-2-9-18-15(17)12-5-7-13(8-6-12)16-11-14-4-3-10-19-14/h3-8,10,16H,2,9,11H2,1H3. The third-order valence-electron chi connectivity index (χ3n) is 2.60. The van der Waals surface area contributed by atoms with Gasteiger partial charge in [-0.15, -0.1) is 11.3 Å². The molecule has 1 heterocycles. The van der Waals surface area contributed by atoms with E-state index in [0.29, 0.717) is 12.2 Å². The third kappa shape index (κ3) is 4.10. The summed E-state index contributed by atoms with van der Waals surface area (Å²) >= 11 is 1.72. The zero-order valence-electron chi connectivity index (χ0n) is 10.9. The van der Waals surface area contributed by atoms with Crippen LogP contribution in [-0.4, -0.2) is 12.6 Å². The molecule has 1 aromatic carbocycles. The molecule has 0 aliphatic carbocycles. The minimum atomic E-state index is -0.258. The van der Waals surface area contributed by atoms with Crippen LogP contribution in [0.1, 0.15) is 28.6 Å². The van der Waals surface area contributed by atoms with E-state index in [2.05, 4.69) is 16.8 Å². The van der Waals surface area contributed by atoms with Crippen molar-refractivity contribution in [2.24, 2.45) is 0 Å². The summed E-state index contributed by atoms with van der Waals surface area (Å²) in [5.74, 6) is -0.258. The number of anilines is 1. The van der Waals surface area contributed by atoms with Crippen molar-refractivity contribution in [2.75, 3.05) is 11.9 Å². The fraction of sp³-hybridized carbons (Fsp3) is 0.267. The lowest BCUT2D eigenvalue weighted by Crippen LogP contribution is -2.06. The van der Waals surface area contributed by atoms with Gasteiger partial charge in [0, 0.05) is 17.1 Å². The first-order chi connectivity index (χ1) is 9.29. The Hall–Kier alpha value is -1.81. The summed E-state index contributed by atoms with van der Waals surface area (Å²) in [5.41, 5.74) is 1.59. The molecule has 0 saturated carbocycles. The van der Waals surface area contributed by atoms with Crippen molar-refractivity contribution in [1.29, 1.82) is 0 Å². The number of hydrogen-bond donors (Lipinski definition) is 1. The van der Waals surface area contributed by atoms with Crippen molar-refractivity contribution >= 4 is 23.0 Å². The van der Waals surface area contributed by atoms with Crippen LogP contribution in [0, 0.1) is 0 Å².